The van der Waals surface area contributed by atoms with Crippen LogP contribution in [0.5, 0.6) is 0 Å². The summed E-state index contributed by atoms with van der Waals surface area (Å²) >= 11 is 0. The van der Waals surface area contributed by atoms with Gasteiger partial charge in [-0.15, -0.1) is 0 Å². The van der Waals surface area contributed by atoms with Crippen LogP contribution in [0.3, 0.4) is 0 Å². The van der Waals surface area contributed by atoms with E-state index < -0.39 is 0 Å². The summed E-state index contributed by atoms with van der Waals surface area (Å²) in [6.45, 7) is 8.68. The first-order valence-corrected chi connectivity index (χ1v) is 6.89. The van der Waals surface area contributed by atoms with Gasteiger partial charge in [0.25, 0.3) is 0 Å². The first kappa shape index (κ1) is 11.3. The first-order chi connectivity index (χ1) is 8.01. The lowest BCUT2D eigenvalue weighted by Gasteiger charge is -2.49. The summed E-state index contributed by atoms with van der Waals surface area (Å²) in [6.07, 6.45) is 6.06. The number of fused-ring (bicyclic) bond motifs is 2. The third kappa shape index (κ3) is 1.56. The largest absolute Gasteiger partial charge is 0.462 e. The Morgan fingerprint density at radius 3 is 3.00 bits per heavy atom. The van der Waals surface area contributed by atoms with E-state index in [1.54, 1.807) is 0 Å². The number of esters is 1. The van der Waals surface area contributed by atoms with Crippen LogP contribution in [0.1, 0.15) is 46.0 Å². The minimum absolute atomic E-state index is 0.0212. The molecule has 3 fully saturated rings. The molecule has 0 bridgehead atoms. The first-order valence-electron chi connectivity index (χ1n) is 6.89. The van der Waals surface area contributed by atoms with Crippen LogP contribution in [0.4, 0.5) is 0 Å². The van der Waals surface area contributed by atoms with Gasteiger partial charge in [-0.05, 0) is 43.4 Å². The lowest BCUT2D eigenvalue weighted by atomic mass is 9.55. The Hall–Kier alpha value is -0.790. The molecule has 0 aromatic rings. The number of hydrogen-bond donors (Lipinski definition) is 0. The van der Waals surface area contributed by atoms with Crippen LogP contribution < -0.4 is 0 Å². The number of carbonyl (C=O) groups is 1. The zero-order valence-corrected chi connectivity index (χ0v) is 10.9. The zero-order chi connectivity index (χ0) is 12.2. The standard InChI is InChI=1S/C15H22O2/c1-9-5-4-6-15(3)8-13-11(7-12(9)15)10(2)14(16)17-13/h10-13H,1,4-8H2,2-3H3/t10?,11-,12+,13-,15-/m1/s1. The fourth-order valence-corrected chi connectivity index (χ4v) is 4.38. The van der Waals surface area contributed by atoms with Gasteiger partial charge < -0.3 is 4.74 Å². The van der Waals surface area contributed by atoms with Crippen molar-refractivity contribution in [2.24, 2.45) is 23.2 Å². The maximum Gasteiger partial charge on any atom is 0.309 e. The van der Waals surface area contributed by atoms with Gasteiger partial charge in [-0.25, -0.2) is 0 Å². The fourth-order valence-electron chi connectivity index (χ4n) is 4.38. The second-order valence-corrected chi connectivity index (χ2v) is 6.59. The molecule has 0 amide bonds. The molecule has 2 heteroatoms. The van der Waals surface area contributed by atoms with Gasteiger partial charge in [0, 0.05) is 5.92 Å². The molecule has 1 heterocycles. The molecular weight excluding hydrogens is 212 g/mol. The predicted octanol–water partition coefficient (Wildman–Crippen LogP) is 3.32. The highest BCUT2D eigenvalue weighted by atomic mass is 16.6. The van der Waals surface area contributed by atoms with Crippen molar-refractivity contribution in [3.63, 3.8) is 0 Å². The van der Waals surface area contributed by atoms with Gasteiger partial charge in [-0.1, -0.05) is 26.0 Å². The van der Waals surface area contributed by atoms with Crippen LogP contribution >= 0.6 is 0 Å². The van der Waals surface area contributed by atoms with Gasteiger partial charge in [0.2, 0.25) is 0 Å². The normalized spacial score (nSPS) is 49.5. The molecule has 17 heavy (non-hydrogen) atoms. The average Bonchev–Trinajstić information content (AvgIpc) is 2.52. The molecule has 5 atom stereocenters. The second-order valence-electron chi connectivity index (χ2n) is 6.59. The van der Waals surface area contributed by atoms with Gasteiger partial charge >= 0.3 is 5.97 Å². The van der Waals surface area contributed by atoms with Crippen molar-refractivity contribution >= 4 is 5.97 Å². The molecule has 0 spiro atoms. The van der Waals surface area contributed by atoms with Gasteiger partial charge in [-0.3, -0.25) is 4.79 Å². The molecule has 1 saturated heterocycles. The lowest BCUT2D eigenvalue weighted by Crippen LogP contribution is -2.44. The van der Waals surface area contributed by atoms with E-state index in [-0.39, 0.29) is 18.0 Å². The zero-order valence-electron chi connectivity index (χ0n) is 10.9. The number of rotatable bonds is 0. The van der Waals surface area contributed by atoms with E-state index in [0.717, 1.165) is 12.8 Å². The Bertz CT molecular complexity index is 373. The van der Waals surface area contributed by atoms with Crippen LogP contribution in [0.25, 0.3) is 0 Å². The Morgan fingerprint density at radius 2 is 2.24 bits per heavy atom. The predicted molar refractivity (Wildman–Crippen MR) is 66.4 cm³/mol. The molecule has 3 aliphatic rings. The van der Waals surface area contributed by atoms with E-state index in [4.69, 9.17) is 4.74 Å². The van der Waals surface area contributed by atoms with Crippen molar-refractivity contribution in [1.29, 1.82) is 0 Å². The van der Waals surface area contributed by atoms with Crippen LogP contribution in [0.15, 0.2) is 12.2 Å². The summed E-state index contributed by atoms with van der Waals surface area (Å²) in [7, 11) is 0. The highest BCUT2D eigenvalue weighted by Gasteiger charge is 2.53. The molecule has 3 rings (SSSR count). The molecule has 2 saturated carbocycles. The highest BCUT2D eigenvalue weighted by Crippen LogP contribution is 2.56. The molecule has 0 radical (unpaired) electrons. The molecule has 0 aromatic carbocycles. The Kier molecular flexibility index (Phi) is 2.39. The van der Waals surface area contributed by atoms with Crippen LogP contribution in [-0.2, 0) is 9.53 Å². The highest BCUT2D eigenvalue weighted by molar-refractivity contribution is 5.75. The summed E-state index contributed by atoms with van der Waals surface area (Å²) in [5.74, 6) is 1.18. The molecule has 0 aromatic heterocycles. The Balaban J connectivity index is 1.88. The second kappa shape index (κ2) is 3.60. The minimum atomic E-state index is 0.0212. The lowest BCUT2D eigenvalue weighted by molar-refractivity contribution is -0.145. The number of hydrogen-bond acceptors (Lipinski definition) is 2. The molecule has 1 unspecified atom stereocenters. The summed E-state index contributed by atoms with van der Waals surface area (Å²) in [6, 6.07) is 0. The van der Waals surface area contributed by atoms with Gasteiger partial charge in [-0.2, -0.15) is 0 Å². The summed E-state index contributed by atoms with van der Waals surface area (Å²) in [5, 5.41) is 0. The van der Waals surface area contributed by atoms with E-state index in [0.29, 0.717) is 17.3 Å². The molecule has 2 aliphatic carbocycles. The van der Waals surface area contributed by atoms with Crippen molar-refractivity contribution < 1.29 is 9.53 Å². The minimum Gasteiger partial charge on any atom is -0.462 e. The van der Waals surface area contributed by atoms with Gasteiger partial charge in [0.05, 0.1) is 5.92 Å². The van der Waals surface area contributed by atoms with Crippen molar-refractivity contribution in [1.82, 2.24) is 0 Å². The fraction of sp³-hybridized carbons (Fsp3) is 0.800. The van der Waals surface area contributed by atoms with E-state index in [1.165, 1.54) is 24.8 Å². The summed E-state index contributed by atoms with van der Waals surface area (Å²) < 4.78 is 5.56. The Labute approximate surface area is 103 Å². The van der Waals surface area contributed by atoms with Crippen molar-refractivity contribution in [2.75, 3.05) is 0 Å². The molecule has 0 N–H and O–H groups in total. The van der Waals surface area contributed by atoms with E-state index in [9.17, 15) is 4.79 Å². The van der Waals surface area contributed by atoms with Crippen LogP contribution in [-0.4, -0.2) is 12.1 Å². The van der Waals surface area contributed by atoms with Gasteiger partial charge in [0.15, 0.2) is 0 Å². The third-order valence-electron chi connectivity index (χ3n) is 5.51. The molecule has 94 valence electrons. The van der Waals surface area contributed by atoms with Crippen LogP contribution in [0, 0.1) is 23.2 Å². The smallest absolute Gasteiger partial charge is 0.309 e. The molecular formula is C15H22O2. The maximum atomic E-state index is 11.7. The van der Waals surface area contributed by atoms with Crippen molar-refractivity contribution in [3.05, 3.63) is 12.2 Å². The van der Waals surface area contributed by atoms with Gasteiger partial charge in [0.1, 0.15) is 6.10 Å². The topological polar surface area (TPSA) is 26.3 Å². The van der Waals surface area contributed by atoms with E-state index in [1.807, 2.05) is 6.92 Å². The molecule has 1 aliphatic heterocycles. The van der Waals surface area contributed by atoms with Crippen LogP contribution in [0.2, 0.25) is 0 Å². The monoisotopic (exact) mass is 234 g/mol. The SMILES string of the molecule is C=C1CCC[C@]2(C)C[C@H]3OC(=O)C(C)[C@H]3C[C@@H]12. The summed E-state index contributed by atoms with van der Waals surface area (Å²) in [4.78, 5) is 11.7. The number of carbonyl (C=O) groups excluding carboxylic acids is 1. The third-order valence-corrected chi connectivity index (χ3v) is 5.51. The van der Waals surface area contributed by atoms with Crippen molar-refractivity contribution in [2.45, 2.75) is 52.1 Å². The quantitative estimate of drug-likeness (QED) is 0.475. The maximum absolute atomic E-state index is 11.7. The number of allylic oxidation sites excluding steroid dienone is 1. The summed E-state index contributed by atoms with van der Waals surface area (Å²) in [5.41, 5.74) is 1.75. The average molecular weight is 234 g/mol. The van der Waals surface area contributed by atoms with E-state index in [2.05, 4.69) is 13.5 Å². The number of ether oxygens (including phenoxy) is 1. The molecule has 2 nitrogen and oxygen atoms in total. The van der Waals surface area contributed by atoms with Crippen molar-refractivity contribution in [3.8, 4) is 0 Å². The Morgan fingerprint density at radius 1 is 1.47 bits per heavy atom. The van der Waals surface area contributed by atoms with E-state index >= 15 is 0 Å².